The Kier molecular flexibility index (Phi) is 7.81. The van der Waals surface area contributed by atoms with Gasteiger partial charge in [-0.1, -0.05) is 38.5 Å². The second-order valence-electron chi connectivity index (χ2n) is 7.75. The third-order valence-electron chi connectivity index (χ3n) is 5.71. The molecule has 2 aliphatic carbocycles. The molecule has 2 saturated carbocycles. The number of benzene rings is 1. The smallest absolute Gasteiger partial charge is 0.364 e. The first-order valence-electron chi connectivity index (χ1n) is 10.4. The number of ether oxygens (including phenoxy) is 2. The molecule has 0 heterocycles. The molecule has 0 bridgehead atoms. The zero-order chi connectivity index (χ0) is 20.0. The van der Waals surface area contributed by atoms with Crippen molar-refractivity contribution in [3.63, 3.8) is 0 Å². The molecule has 28 heavy (non-hydrogen) atoms. The summed E-state index contributed by atoms with van der Waals surface area (Å²) >= 11 is 0. The van der Waals surface area contributed by atoms with Crippen LogP contribution in [-0.2, 0) is 13.6 Å². The van der Waals surface area contributed by atoms with Crippen LogP contribution in [0.3, 0.4) is 0 Å². The summed E-state index contributed by atoms with van der Waals surface area (Å²) in [5.74, 6) is -0.382. The second-order valence-corrected chi connectivity index (χ2v) is 9.74. The van der Waals surface area contributed by atoms with Crippen molar-refractivity contribution in [2.75, 3.05) is 14.2 Å². The van der Waals surface area contributed by atoms with Gasteiger partial charge in [0, 0.05) is 11.6 Å². The minimum atomic E-state index is -3.80. The zero-order valence-corrected chi connectivity index (χ0v) is 17.9. The minimum absolute atomic E-state index is 0.137. The van der Waals surface area contributed by atoms with Gasteiger partial charge in [0.2, 0.25) is 0 Å². The average molecular weight is 412 g/mol. The van der Waals surface area contributed by atoms with E-state index in [2.05, 4.69) is 0 Å². The van der Waals surface area contributed by atoms with Crippen LogP contribution in [0.5, 0.6) is 11.5 Å². The predicted octanol–water partition coefficient (Wildman–Crippen LogP) is 5.59. The first-order chi connectivity index (χ1) is 13.6. The van der Waals surface area contributed by atoms with E-state index in [-0.39, 0.29) is 12.2 Å². The summed E-state index contributed by atoms with van der Waals surface area (Å²) < 4.78 is 36.6. The van der Waals surface area contributed by atoms with Gasteiger partial charge in [-0.2, -0.15) is 0 Å². The molecule has 0 aromatic heterocycles. The lowest BCUT2D eigenvalue weighted by atomic mass is 9.98. The fraction of sp³-hybridized carbons (Fsp3) is 0.714. The highest BCUT2D eigenvalue weighted by molar-refractivity contribution is 7.54. The van der Waals surface area contributed by atoms with Crippen LogP contribution in [0, 0.1) is 0 Å². The molecule has 1 N–H and O–H groups in total. The van der Waals surface area contributed by atoms with Crippen molar-refractivity contribution in [2.45, 2.75) is 82.3 Å². The van der Waals surface area contributed by atoms with Crippen LogP contribution < -0.4 is 9.47 Å². The van der Waals surface area contributed by atoms with Gasteiger partial charge >= 0.3 is 7.60 Å². The molecule has 1 aromatic rings. The fourth-order valence-corrected chi connectivity index (χ4v) is 6.19. The highest BCUT2D eigenvalue weighted by Crippen LogP contribution is 2.64. The van der Waals surface area contributed by atoms with Gasteiger partial charge in [0.25, 0.3) is 0 Å². The molecule has 0 saturated heterocycles. The van der Waals surface area contributed by atoms with Gasteiger partial charge < -0.3 is 23.6 Å². The lowest BCUT2D eigenvalue weighted by molar-refractivity contribution is 0.0540. The number of hydrogen-bond donors (Lipinski definition) is 1. The van der Waals surface area contributed by atoms with Crippen LogP contribution in [0.1, 0.15) is 75.6 Å². The molecule has 2 fully saturated rings. The number of aliphatic hydroxyl groups excluding tert-OH is 1. The number of aliphatic hydroxyl groups is 1. The maximum atomic E-state index is 13.9. The van der Waals surface area contributed by atoms with E-state index in [1.54, 1.807) is 25.3 Å². The molecule has 6 nitrogen and oxygen atoms in total. The van der Waals surface area contributed by atoms with Crippen LogP contribution in [-0.4, -0.2) is 31.5 Å². The Morgan fingerprint density at radius 1 is 0.893 bits per heavy atom. The third kappa shape index (κ3) is 5.29. The topological polar surface area (TPSA) is 74.2 Å². The fourth-order valence-electron chi connectivity index (χ4n) is 4.10. The quantitative estimate of drug-likeness (QED) is 0.561. The zero-order valence-electron chi connectivity index (χ0n) is 17.0. The van der Waals surface area contributed by atoms with Crippen LogP contribution >= 0.6 is 7.60 Å². The highest BCUT2D eigenvalue weighted by atomic mass is 31.2. The average Bonchev–Trinajstić information content (AvgIpc) is 2.74. The van der Waals surface area contributed by atoms with E-state index in [0.717, 1.165) is 51.4 Å². The molecular weight excluding hydrogens is 379 g/mol. The van der Waals surface area contributed by atoms with Crippen molar-refractivity contribution < 1.29 is 28.2 Å². The Labute approximate surface area is 168 Å². The minimum Gasteiger partial charge on any atom is -0.497 e. The first kappa shape index (κ1) is 21.6. The van der Waals surface area contributed by atoms with E-state index in [0.29, 0.717) is 17.1 Å². The molecular formula is C21H33O6P. The maximum Gasteiger partial charge on any atom is 0.364 e. The Balaban J connectivity index is 1.86. The number of rotatable bonds is 8. The van der Waals surface area contributed by atoms with Crippen molar-refractivity contribution >= 4 is 7.60 Å². The van der Waals surface area contributed by atoms with Crippen molar-refractivity contribution in [2.24, 2.45) is 0 Å². The van der Waals surface area contributed by atoms with Crippen molar-refractivity contribution in [3.8, 4) is 11.5 Å². The van der Waals surface area contributed by atoms with E-state index >= 15 is 0 Å². The van der Waals surface area contributed by atoms with Gasteiger partial charge in [-0.25, -0.2) is 0 Å². The maximum absolute atomic E-state index is 13.9. The largest absolute Gasteiger partial charge is 0.497 e. The molecule has 0 spiro atoms. The third-order valence-corrected chi connectivity index (χ3v) is 7.78. The van der Waals surface area contributed by atoms with Gasteiger partial charge in [-0.3, -0.25) is 4.57 Å². The van der Waals surface area contributed by atoms with Crippen molar-refractivity contribution in [3.05, 3.63) is 23.8 Å². The molecule has 0 aliphatic heterocycles. The van der Waals surface area contributed by atoms with Gasteiger partial charge in [0.1, 0.15) is 11.5 Å². The van der Waals surface area contributed by atoms with Crippen LogP contribution in [0.4, 0.5) is 0 Å². The van der Waals surface area contributed by atoms with Crippen molar-refractivity contribution in [1.29, 1.82) is 0 Å². The van der Waals surface area contributed by atoms with Gasteiger partial charge in [0.15, 0.2) is 5.85 Å². The summed E-state index contributed by atoms with van der Waals surface area (Å²) in [4.78, 5) is 0. The lowest BCUT2D eigenvalue weighted by Gasteiger charge is -2.33. The molecule has 1 aromatic carbocycles. The predicted molar refractivity (Wildman–Crippen MR) is 108 cm³/mol. The SMILES string of the molecule is COc1ccc([C@@H](O)P(=O)(OC2CCCCC2)OC2CCCCC2)c(OC)c1. The van der Waals surface area contributed by atoms with Gasteiger partial charge in [-0.15, -0.1) is 0 Å². The molecule has 2 aliphatic rings. The van der Waals surface area contributed by atoms with Crippen LogP contribution in [0.2, 0.25) is 0 Å². The van der Waals surface area contributed by atoms with Crippen LogP contribution in [0.15, 0.2) is 18.2 Å². The monoisotopic (exact) mass is 412 g/mol. The van der Waals surface area contributed by atoms with E-state index < -0.39 is 13.4 Å². The Hall–Kier alpha value is -1.07. The summed E-state index contributed by atoms with van der Waals surface area (Å²) in [5.41, 5.74) is 0.401. The lowest BCUT2D eigenvalue weighted by Crippen LogP contribution is -2.22. The molecule has 0 unspecified atom stereocenters. The molecule has 3 rings (SSSR count). The molecule has 1 atom stereocenters. The van der Waals surface area contributed by atoms with E-state index in [1.807, 2.05) is 0 Å². The van der Waals surface area contributed by atoms with Crippen molar-refractivity contribution in [1.82, 2.24) is 0 Å². The summed E-state index contributed by atoms with van der Waals surface area (Å²) in [5, 5.41) is 11.1. The summed E-state index contributed by atoms with van der Waals surface area (Å²) in [6.07, 6.45) is 9.68. The normalized spacial score (nSPS) is 20.7. The van der Waals surface area contributed by atoms with E-state index in [9.17, 15) is 9.67 Å². The van der Waals surface area contributed by atoms with Crippen LogP contribution in [0.25, 0.3) is 0 Å². The summed E-state index contributed by atoms with van der Waals surface area (Å²) in [6, 6.07) is 5.06. The first-order valence-corrected chi connectivity index (χ1v) is 12.0. The summed E-state index contributed by atoms with van der Waals surface area (Å²) in [7, 11) is -0.721. The van der Waals surface area contributed by atoms with E-state index in [1.165, 1.54) is 20.0 Å². The van der Waals surface area contributed by atoms with E-state index in [4.69, 9.17) is 18.5 Å². The Morgan fingerprint density at radius 3 is 1.89 bits per heavy atom. The van der Waals surface area contributed by atoms with Gasteiger partial charge in [0.05, 0.1) is 26.4 Å². The number of methoxy groups -OCH3 is 2. The summed E-state index contributed by atoms with van der Waals surface area (Å²) in [6.45, 7) is 0. The molecule has 0 radical (unpaired) electrons. The Bertz CT molecular complexity index is 643. The second kappa shape index (κ2) is 10.1. The number of hydrogen-bond acceptors (Lipinski definition) is 6. The molecule has 7 heteroatoms. The molecule has 0 amide bonds. The van der Waals surface area contributed by atoms with Gasteiger partial charge in [-0.05, 0) is 37.8 Å². The highest BCUT2D eigenvalue weighted by Gasteiger charge is 2.42. The Morgan fingerprint density at radius 2 is 1.43 bits per heavy atom. The molecule has 158 valence electrons. The standard InChI is InChI=1S/C21H33O6P/c1-24-18-13-14-19(20(15-18)25-2)21(22)28(23,26-16-9-5-3-6-10-16)27-17-11-7-4-8-12-17/h13-17,21-22H,3-12H2,1-2H3/t21-/m0/s1.